The second-order valence-corrected chi connectivity index (χ2v) is 5.12. The standard InChI is InChI=1S/C18H20N2O4/c1-23-15-8-10-16(11-9-15)24-12-2-3-17(21)20-14-6-4-13(5-7-14)18(19)22/h4-11H,2-3,12H2,1H3,(H2,19,22)(H,20,21). The number of hydrogen-bond donors (Lipinski definition) is 2. The van der Waals surface area contributed by atoms with Crippen molar-refractivity contribution in [2.24, 2.45) is 5.73 Å². The summed E-state index contributed by atoms with van der Waals surface area (Å²) in [5.41, 5.74) is 6.19. The lowest BCUT2D eigenvalue weighted by Gasteiger charge is -2.08. The van der Waals surface area contributed by atoms with Crippen molar-refractivity contribution in [3.63, 3.8) is 0 Å². The molecule has 2 aromatic carbocycles. The smallest absolute Gasteiger partial charge is 0.248 e. The molecule has 0 saturated carbocycles. The second kappa shape index (κ2) is 8.57. The number of anilines is 1. The molecule has 2 rings (SSSR count). The fraction of sp³-hybridized carbons (Fsp3) is 0.222. The number of ether oxygens (including phenoxy) is 2. The number of hydrogen-bond acceptors (Lipinski definition) is 4. The Bertz CT molecular complexity index is 681. The molecule has 3 N–H and O–H groups in total. The van der Waals surface area contributed by atoms with Crippen LogP contribution in [0.2, 0.25) is 0 Å². The molecule has 0 heterocycles. The van der Waals surface area contributed by atoms with E-state index in [0.717, 1.165) is 11.5 Å². The van der Waals surface area contributed by atoms with E-state index in [0.29, 0.717) is 30.7 Å². The number of primary amides is 1. The van der Waals surface area contributed by atoms with Crippen LogP contribution in [-0.2, 0) is 4.79 Å². The van der Waals surface area contributed by atoms with Crippen LogP contribution in [0.5, 0.6) is 11.5 Å². The Balaban J connectivity index is 1.69. The molecule has 0 saturated heterocycles. The van der Waals surface area contributed by atoms with E-state index in [1.165, 1.54) is 0 Å². The van der Waals surface area contributed by atoms with Crippen molar-refractivity contribution in [3.05, 3.63) is 54.1 Å². The SMILES string of the molecule is COc1ccc(OCCCC(=O)Nc2ccc(C(N)=O)cc2)cc1. The molecule has 0 aliphatic rings. The number of nitrogens with two attached hydrogens (primary N) is 1. The number of carbonyl (C=O) groups is 2. The van der Waals surface area contributed by atoms with Gasteiger partial charge < -0.3 is 20.5 Å². The number of carbonyl (C=O) groups excluding carboxylic acids is 2. The summed E-state index contributed by atoms with van der Waals surface area (Å²) in [6.45, 7) is 0.445. The van der Waals surface area contributed by atoms with Crippen molar-refractivity contribution in [1.29, 1.82) is 0 Å². The first-order valence-electron chi connectivity index (χ1n) is 7.55. The van der Waals surface area contributed by atoms with E-state index in [9.17, 15) is 9.59 Å². The molecule has 0 atom stereocenters. The van der Waals surface area contributed by atoms with E-state index in [1.807, 2.05) is 24.3 Å². The summed E-state index contributed by atoms with van der Waals surface area (Å²) in [5.74, 6) is 0.894. The van der Waals surface area contributed by atoms with Gasteiger partial charge in [0.1, 0.15) is 11.5 Å². The minimum atomic E-state index is -0.497. The zero-order valence-corrected chi connectivity index (χ0v) is 13.5. The number of amides is 2. The van der Waals surface area contributed by atoms with E-state index in [4.69, 9.17) is 15.2 Å². The van der Waals surface area contributed by atoms with Crippen LogP contribution in [0.1, 0.15) is 23.2 Å². The Labute approximate surface area is 140 Å². The van der Waals surface area contributed by atoms with E-state index in [1.54, 1.807) is 31.4 Å². The normalized spacial score (nSPS) is 10.0. The highest BCUT2D eigenvalue weighted by Crippen LogP contribution is 2.17. The third kappa shape index (κ3) is 5.31. The van der Waals surface area contributed by atoms with Crippen LogP contribution >= 0.6 is 0 Å². The number of nitrogens with one attached hydrogen (secondary N) is 1. The number of benzene rings is 2. The molecular formula is C18H20N2O4. The van der Waals surface area contributed by atoms with Crippen molar-refractivity contribution in [1.82, 2.24) is 0 Å². The minimum absolute atomic E-state index is 0.111. The summed E-state index contributed by atoms with van der Waals surface area (Å²) in [7, 11) is 1.61. The van der Waals surface area contributed by atoms with Crippen molar-refractivity contribution >= 4 is 17.5 Å². The van der Waals surface area contributed by atoms with Gasteiger partial charge in [-0.25, -0.2) is 0 Å². The first-order chi connectivity index (χ1) is 11.6. The molecule has 2 aromatic rings. The topological polar surface area (TPSA) is 90.7 Å². The van der Waals surface area contributed by atoms with E-state index < -0.39 is 5.91 Å². The predicted octanol–water partition coefficient (Wildman–Crippen LogP) is 2.59. The van der Waals surface area contributed by atoms with Gasteiger partial charge in [-0.3, -0.25) is 9.59 Å². The summed E-state index contributed by atoms with van der Waals surface area (Å²) < 4.78 is 10.6. The Morgan fingerprint density at radius 1 is 1.00 bits per heavy atom. The molecule has 0 unspecified atom stereocenters. The van der Waals surface area contributed by atoms with Gasteiger partial charge in [0, 0.05) is 17.7 Å². The van der Waals surface area contributed by atoms with Crippen LogP contribution < -0.4 is 20.5 Å². The first kappa shape index (κ1) is 17.3. The lowest BCUT2D eigenvalue weighted by Crippen LogP contribution is -2.14. The van der Waals surface area contributed by atoms with Crippen molar-refractivity contribution in [3.8, 4) is 11.5 Å². The summed E-state index contributed by atoms with van der Waals surface area (Å²) in [5, 5.41) is 2.76. The van der Waals surface area contributed by atoms with Crippen LogP contribution in [0, 0.1) is 0 Å². The zero-order chi connectivity index (χ0) is 17.4. The molecule has 0 spiro atoms. The van der Waals surface area contributed by atoms with Gasteiger partial charge in [0.2, 0.25) is 11.8 Å². The predicted molar refractivity (Wildman–Crippen MR) is 91.3 cm³/mol. The van der Waals surface area contributed by atoms with Crippen LogP contribution in [-0.4, -0.2) is 25.5 Å². The van der Waals surface area contributed by atoms with Gasteiger partial charge in [0.15, 0.2) is 0 Å². The fourth-order valence-corrected chi connectivity index (χ4v) is 2.04. The van der Waals surface area contributed by atoms with Crippen molar-refractivity contribution in [2.75, 3.05) is 19.0 Å². The lowest BCUT2D eigenvalue weighted by molar-refractivity contribution is -0.116. The van der Waals surface area contributed by atoms with E-state index in [2.05, 4.69) is 5.32 Å². The first-order valence-corrected chi connectivity index (χ1v) is 7.55. The molecule has 0 radical (unpaired) electrons. The van der Waals surface area contributed by atoms with Gasteiger partial charge in [0.25, 0.3) is 0 Å². The van der Waals surface area contributed by atoms with Crippen LogP contribution in [0.3, 0.4) is 0 Å². The summed E-state index contributed by atoms with van der Waals surface area (Å²) in [4.78, 5) is 22.8. The molecule has 0 aromatic heterocycles. The molecule has 6 nitrogen and oxygen atoms in total. The molecule has 24 heavy (non-hydrogen) atoms. The van der Waals surface area contributed by atoms with Gasteiger partial charge in [-0.2, -0.15) is 0 Å². The maximum Gasteiger partial charge on any atom is 0.248 e. The average Bonchev–Trinajstić information content (AvgIpc) is 2.59. The molecule has 6 heteroatoms. The third-order valence-electron chi connectivity index (χ3n) is 3.33. The zero-order valence-electron chi connectivity index (χ0n) is 13.5. The minimum Gasteiger partial charge on any atom is -0.497 e. The average molecular weight is 328 g/mol. The Morgan fingerprint density at radius 2 is 1.62 bits per heavy atom. The number of methoxy groups -OCH3 is 1. The summed E-state index contributed by atoms with van der Waals surface area (Å²) >= 11 is 0. The molecule has 0 fully saturated rings. The van der Waals surface area contributed by atoms with Gasteiger partial charge in [-0.1, -0.05) is 0 Å². The highest BCUT2D eigenvalue weighted by atomic mass is 16.5. The van der Waals surface area contributed by atoms with Gasteiger partial charge >= 0.3 is 0 Å². The molecule has 126 valence electrons. The maximum absolute atomic E-state index is 11.9. The highest BCUT2D eigenvalue weighted by Gasteiger charge is 2.04. The number of rotatable bonds is 8. The quantitative estimate of drug-likeness (QED) is 0.729. The molecule has 0 aliphatic carbocycles. The Morgan fingerprint density at radius 3 is 2.21 bits per heavy atom. The van der Waals surface area contributed by atoms with Crippen LogP contribution in [0.25, 0.3) is 0 Å². The largest absolute Gasteiger partial charge is 0.497 e. The van der Waals surface area contributed by atoms with Gasteiger partial charge in [-0.15, -0.1) is 0 Å². The van der Waals surface area contributed by atoms with Gasteiger partial charge in [0.05, 0.1) is 13.7 Å². The van der Waals surface area contributed by atoms with Crippen molar-refractivity contribution in [2.45, 2.75) is 12.8 Å². The van der Waals surface area contributed by atoms with E-state index in [-0.39, 0.29) is 5.91 Å². The fourth-order valence-electron chi connectivity index (χ4n) is 2.04. The molecule has 0 bridgehead atoms. The monoisotopic (exact) mass is 328 g/mol. The summed E-state index contributed by atoms with van der Waals surface area (Å²) in [6, 6.07) is 13.7. The summed E-state index contributed by atoms with van der Waals surface area (Å²) in [6.07, 6.45) is 0.935. The Kier molecular flexibility index (Phi) is 6.19. The molecule has 0 aliphatic heterocycles. The lowest BCUT2D eigenvalue weighted by atomic mass is 10.2. The molecular weight excluding hydrogens is 308 g/mol. The maximum atomic E-state index is 11.9. The Hall–Kier alpha value is -3.02. The van der Waals surface area contributed by atoms with Crippen LogP contribution in [0.4, 0.5) is 5.69 Å². The molecule has 2 amide bonds. The second-order valence-electron chi connectivity index (χ2n) is 5.12. The van der Waals surface area contributed by atoms with Crippen LogP contribution in [0.15, 0.2) is 48.5 Å². The highest BCUT2D eigenvalue weighted by molar-refractivity contribution is 5.94. The van der Waals surface area contributed by atoms with Crippen molar-refractivity contribution < 1.29 is 19.1 Å². The van der Waals surface area contributed by atoms with E-state index >= 15 is 0 Å². The van der Waals surface area contributed by atoms with Gasteiger partial charge in [-0.05, 0) is 55.0 Å². The third-order valence-corrected chi connectivity index (χ3v) is 3.33.